The molecule has 102 valence electrons. The number of thioether (sulfide) groups is 1. The zero-order valence-corrected chi connectivity index (χ0v) is 12.7. The van der Waals surface area contributed by atoms with Gasteiger partial charge in [0.1, 0.15) is 0 Å². The average Bonchev–Trinajstić information content (AvgIpc) is 2.69. The van der Waals surface area contributed by atoms with Gasteiger partial charge in [0.2, 0.25) is 0 Å². The van der Waals surface area contributed by atoms with Crippen molar-refractivity contribution >= 4 is 38.8 Å². The van der Waals surface area contributed by atoms with Gasteiger partial charge in [0, 0.05) is 16.3 Å². The molecule has 0 bridgehead atoms. The van der Waals surface area contributed by atoms with E-state index in [1.54, 1.807) is 25.1 Å². The van der Waals surface area contributed by atoms with E-state index in [2.05, 4.69) is 9.71 Å². The van der Waals surface area contributed by atoms with Gasteiger partial charge in [-0.25, -0.2) is 8.42 Å². The fourth-order valence-corrected chi connectivity index (χ4v) is 4.35. The number of rotatable bonds is 4. The van der Waals surface area contributed by atoms with Gasteiger partial charge in [0.15, 0.2) is 4.21 Å². The maximum atomic E-state index is 12.2. The van der Waals surface area contributed by atoms with E-state index in [0.717, 1.165) is 4.90 Å². The lowest BCUT2D eigenvalue weighted by molar-refractivity contribution is 0.602. The SMILES string of the molecule is CSc1cccc(NS(=O)(=O)c2sc(=O)[nH]c2C)c1. The van der Waals surface area contributed by atoms with Gasteiger partial charge >= 0.3 is 4.87 Å². The Bertz CT molecular complexity index is 747. The summed E-state index contributed by atoms with van der Waals surface area (Å²) in [6, 6.07) is 7.08. The number of anilines is 1. The molecule has 0 atom stereocenters. The van der Waals surface area contributed by atoms with Crippen molar-refractivity contribution in [1.82, 2.24) is 4.98 Å². The lowest BCUT2D eigenvalue weighted by Crippen LogP contribution is -2.12. The summed E-state index contributed by atoms with van der Waals surface area (Å²) >= 11 is 2.21. The Balaban J connectivity index is 2.36. The largest absolute Gasteiger partial charge is 0.315 e. The highest BCUT2D eigenvalue weighted by Crippen LogP contribution is 2.23. The molecule has 0 radical (unpaired) electrons. The van der Waals surface area contributed by atoms with Crippen LogP contribution in [0.1, 0.15) is 5.69 Å². The molecule has 1 aromatic heterocycles. The smallest absolute Gasteiger partial charge is 0.306 e. The number of H-pyrrole nitrogens is 1. The molecule has 1 heterocycles. The maximum absolute atomic E-state index is 12.2. The predicted octanol–water partition coefficient (Wildman–Crippen LogP) is 2.27. The zero-order valence-electron chi connectivity index (χ0n) is 10.3. The molecule has 0 saturated carbocycles. The molecule has 2 N–H and O–H groups in total. The summed E-state index contributed by atoms with van der Waals surface area (Å²) in [5.74, 6) is 0. The molecular weight excluding hydrogens is 304 g/mol. The number of benzene rings is 1. The normalized spacial score (nSPS) is 11.5. The Morgan fingerprint density at radius 2 is 2.11 bits per heavy atom. The third kappa shape index (κ3) is 3.20. The Labute approximate surface area is 119 Å². The van der Waals surface area contributed by atoms with E-state index in [9.17, 15) is 13.2 Å². The van der Waals surface area contributed by atoms with Crippen molar-refractivity contribution in [3.8, 4) is 0 Å². The van der Waals surface area contributed by atoms with E-state index in [4.69, 9.17) is 0 Å². The van der Waals surface area contributed by atoms with Gasteiger partial charge < -0.3 is 4.98 Å². The second-order valence-corrected chi connectivity index (χ2v) is 7.50. The van der Waals surface area contributed by atoms with E-state index in [1.165, 1.54) is 11.8 Å². The van der Waals surface area contributed by atoms with Crippen LogP contribution in [0.15, 0.2) is 38.2 Å². The van der Waals surface area contributed by atoms with Gasteiger partial charge in [0.25, 0.3) is 10.0 Å². The summed E-state index contributed by atoms with van der Waals surface area (Å²) in [5.41, 5.74) is 0.829. The molecule has 0 aliphatic rings. The minimum absolute atomic E-state index is 0.0204. The number of thiazole rings is 1. The molecule has 1 aromatic carbocycles. The van der Waals surface area contributed by atoms with Crippen LogP contribution in [0.5, 0.6) is 0 Å². The van der Waals surface area contributed by atoms with E-state index in [1.807, 2.05) is 12.3 Å². The molecule has 0 fully saturated rings. The van der Waals surface area contributed by atoms with Crippen molar-refractivity contribution in [2.24, 2.45) is 0 Å². The van der Waals surface area contributed by atoms with Gasteiger partial charge in [-0.3, -0.25) is 9.52 Å². The predicted molar refractivity (Wildman–Crippen MR) is 78.7 cm³/mol. The van der Waals surface area contributed by atoms with E-state index in [0.29, 0.717) is 22.7 Å². The van der Waals surface area contributed by atoms with Gasteiger partial charge in [-0.15, -0.1) is 11.8 Å². The van der Waals surface area contributed by atoms with Crippen molar-refractivity contribution in [2.45, 2.75) is 16.0 Å². The first-order valence-electron chi connectivity index (χ1n) is 5.29. The van der Waals surface area contributed by atoms with Crippen molar-refractivity contribution < 1.29 is 8.42 Å². The van der Waals surface area contributed by atoms with Gasteiger partial charge in [-0.05, 0) is 31.4 Å². The van der Waals surface area contributed by atoms with Gasteiger partial charge in [0.05, 0.1) is 0 Å². The maximum Gasteiger partial charge on any atom is 0.306 e. The molecule has 2 aromatic rings. The van der Waals surface area contributed by atoms with Crippen LogP contribution in [0, 0.1) is 6.92 Å². The van der Waals surface area contributed by atoms with Crippen LogP contribution in [0.4, 0.5) is 5.69 Å². The molecule has 0 aliphatic heterocycles. The van der Waals surface area contributed by atoms with Crippen molar-refractivity contribution in [3.63, 3.8) is 0 Å². The van der Waals surface area contributed by atoms with Crippen molar-refractivity contribution in [1.29, 1.82) is 0 Å². The number of hydrogen-bond acceptors (Lipinski definition) is 5. The van der Waals surface area contributed by atoms with Crippen LogP contribution < -0.4 is 9.60 Å². The molecule has 0 aliphatic carbocycles. The van der Waals surface area contributed by atoms with Crippen molar-refractivity contribution in [2.75, 3.05) is 11.0 Å². The summed E-state index contributed by atoms with van der Waals surface area (Å²) in [7, 11) is -3.72. The summed E-state index contributed by atoms with van der Waals surface area (Å²) in [6.07, 6.45) is 1.91. The minimum Gasteiger partial charge on any atom is -0.315 e. The molecular formula is C11H12N2O3S3. The first-order chi connectivity index (χ1) is 8.92. The molecule has 0 saturated heterocycles. The van der Waals surface area contributed by atoms with Crippen molar-refractivity contribution in [3.05, 3.63) is 39.6 Å². The van der Waals surface area contributed by atoms with Crippen LogP contribution in [0.2, 0.25) is 0 Å². The monoisotopic (exact) mass is 316 g/mol. The zero-order chi connectivity index (χ0) is 14.0. The molecule has 0 spiro atoms. The fraction of sp³-hybridized carbons (Fsp3) is 0.182. The summed E-state index contributed by atoms with van der Waals surface area (Å²) in [5, 5.41) is 0. The third-order valence-electron chi connectivity index (χ3n) is 2.35. The number of aryl methyl sites for hydroxylation is 1. The molecule has 5 nitrogen and oxygen atoms in total. The van der Waals surface area contributed by atoms with Crippen LogP contribution in [-0.4, -0.2) is 19.7 Å². The summed E-state index contributed by atoms with van der Waals surface area (Å²) < 4.78 is 26.8. The molecule has 0 amide bonds. The van der Waals surface area contributed by atoms with E-state index < -0.39 is 10.0 Å². The lowest BCUT2D eigenvalue weighted by atomic mass is 10.3. The highest BCUT2D eigenvalue weighted by Gasteiger charge is 2.20. The van der Waals surface area contributed by atoms with Gasteiger partial charge in [-0.1, -0.05) is 17.4 Å². The number of aromatic amines is 1. The summed E-state index contributed by atoms with van der Waals surface area (Å²) in [4.78, 5) is 14.2. The first-order valence-corrected chi connectivity index (χ1v) is 8.81. The standard InChI is InChI=1S/C11H12N2O3S3/c1-7-10(18-11(14)12-7)19(15,16)13-8-4-3-5-9(6-8)17-2/h3-6,13H,1-2H3,(H,12,14). The first kappa shape index (κ1) is 14.2. The quantitative estimate of drug-likeness (QED) is 0.848. The Kier molecular flexibility index (Phi) is 4.02. The summed E-state index contributed by atoms with van der Waals surface area (Å²) in [6.45, 7) is 1.56. The highest BCUT2D eigenvalue weighted by molar-refractivity contribution is 7.98. The van der Waals surface area contributed by atoms with E-state index >= 15 is 0 Å². The van der Waals surface area contributed by atoms with Crippen LogP contribution in [0.25, 0.3) is 0 Å². The minimum atomic E-state index is -3.72. The molecule has 0 unspecified atom stereocenters. The van der Waals surface area contributed by atoms with Gasteiger partial charge in [-0.2, -0.15) is 0 Å². The Morgan fingerprint density at radius 3 is 2.68 bits per heavy atom. The van der Waals surface area contributed by atoms with Crippen LogP contribution in [0.3, 0.4) is 0 Å². The molecule has 2 rings (SSSR count). The third-order valence-corrected chi connectivity index (χ3v) is 6.06. The second-order valence-electron chi connectivity index (χ2n) is 3.76. The number of aromatic nitrogens is 1. The number of sulfonamides is 1. The molecule has 19 heavy (non-hydrogen) atoms. The lowest BCUT2D eigenvalue weighted by Gasteiger charge is -2.07. The number of hydrogen-bond donors (Lipinski definition) is 2. The highest BCUT2D eigenvalue weighted by atomic mass is 32.2. The van der Waals surface area contributed by atoms with E-state index in [-0.39, 0.29) is 9.08 Å². The van der Waals surface area contributed by atoms with Crippen LogP contribution >= 0.6 is 23.1 Å². The average molecular weight is 316 g/mol. The Hall–Kier alpha value is -1.25. The van der Waals surface area contributed by atoms with Crippen LogP contribution in [-0.2, 0) is 10.0 Å². The Morgan fingerprint density at radius 1 is 1.37 bits per heavy atom. The topological polar surface area (TPSA) is 79.0 Å². The molecule has 8 heteroatoms. The second kappa shape index (κ2) is 5.40. The number of nitrogens with one attached hydrogen (secondary N) is 2. The fourth-order valence-electron chi connectivity index (χ4n) is 1.53.